The number of nitrogens with one attached hydrogen (secondary N) is 1. The van der Waals surface area contributed by atoms with Gasteiger partial charge in [-0.1, -0.05) is 32.0 Å². The Labute approximate surface area is 134 Å². The molecular formula is C16H20N2O5. The highest BCUT2D eigenvalue weighted by Gasteiger charge is 2.35. The number of carboxylic acids is 1. The first-order valence-electron chi connectivity index (χ1n) is 7.14. The monoisotopic (exact) mass is 320 g/mol. The molecule has 7 heteroatoms. The highest BCUT2D eigenvalue weighted by atomic mass is 16.4. The van der Waals surface area contributed by atoms with Crippen molar-refractivity contribution in [2.45, 2.75) is 26.8 Å². The molecule has 124 valence electrons. The molecule has 0 radical (unpaired) electrons. The summed E-state index contributed by atoms with van der Waals surface area (Å²) in [5.74, 6) is -3.43. The van der Waals surface area contributed by atoms with Crippen LogP contribution in [-0.2, 0) is 14.4 Å². The molecule has 0 aliphatic carbocycles. The molecule has 0 aromatic heterocycles. The molecule has 3 amide bonds. The van der Waals surface area contributed by atoms with Crippen molar-refractivity contribution in [3.05, 3.63) is 35.9 Å². The number of rotatable bonds is 6. The molecule has 0 saturated carbocycles. The second-order valence-electron chi connectivity index (χ2n) is 5.36. The highest BCUT2D eigenvalue weighted by Crippen LogP contribution is 2.16. The van der Waals surface area contributed by atoms with Gasteiger partial charge in [-0.3, -0.25) is 24.1 Å². The second kappa shape index (κ2) is 8.07. The first kappa shape index (κ1) is 18.3. The van der Waals surface area contributed by atoms with Crippen molar-refractivity contribution >= 4 is 23.7 Å². The van der Waals surface area contributed by atoms with E-state index in [1.807, 2.05) is 0 Å². The van der Waals surface area contributed by atoms with Crippen LogP contribution in [-0.4, -0.2) is 46.3 Å². The second-order valence-corrected chi connectivity index (χ2v) is 5.36. The summed E-state index contributed by atoms with van der Waals surface area (Å²) in [6.45, 7) is 3.98. The van der Waals surface area contributed by atoms with E-state index < -0.39 is 36.3 Å². The van der Waals surface area contributed by atoms with E-state index in [2.05, 4.69) is 5.32 Å². The predicted molar refractivity (Wildman–Crippen MR) is 82.6 cm³/mol. The van der Waals surface area contributed by atoms with Gasteiger partial charge in [-0.05, 0) is 18.1 Å². The minimum atomic E-state index is -1.20. The van der Waals surface area contributed by atoms with Crippen LogP contribution in [0.3, 0.4) is 0 Å². The lowest BCUT2D eigenvalue weighted by molar-refractivity contribution is -0.140. The maximum absolute atomic E-state index is 12.6. The van der Waals surface area contributed by atoms with E-state index in [9.17, 15) is 19.2 Å². The molecule has 23 heavy (non-hydrogen) atoms. The van der Waals surface area contributed by atoms with E-state index in [0.29, 0.717) is 0 Å². The van der Waals surface area contributed by atoms with Crippen molar-refractivity contribution in [2.75, 3.05) is 6.54 Å². The topological polar surface area (TPSA) is 104 Å². The summed E-state index contributed by atoms with van der Waals surface area (Å²) in [6.07, 6.45) is 0. The Kier molecular flexibility index (Phi) is 6.44. The van der Waals surface area contributed by atoms with Gasteiger partial charge < -0.3 is 10.4 Å². The zero-order valence-electron chi connectivity index (χ0n) is 13.3. The molecule has 0 aliphatic rings. The lowest BCUT2D eigenvalue weighted by Crippen LogP contribution is -2.54. The molecule has 0 bridgehead atoms. The van der Waals surface area contributed by atoms with Crippen LogP contribution in [0.4, 0.5) is 0 Å². The first-order chi connectivity index (χ1) is 10.8. The molecule has 0 saturated heterocycles. The van der Waals surface area contributed by atoms with E-state index in [4.69, 9.17) is 5.11 Å². The van der Waals surface area contributed by atoms with E-state index >= 15 is 0 Å². The van der Waals surface area contributed by atoms with Crippen molar-refractivity contribution in [3.63, 3.8) is 0 Å². The number of aliphatic carboxylic acids is 1. The fraction of sp³-hybridized carbons (Fsp3) is 0.375. The van der Waals surface area contributed by atoms with Crippen molar-refractivity contribution in [1.82, 2.24) is 10.2 Å². The summed E-state index contributed by atoms with van der Waals surface area (Å²) >= 11 is 0. The minimum absolute atomic E-state index is 0.277. The van der Waals surface area contributed by atoms with Crippen LogP contribution >= 0.6 is 0 Å². The summed E-state index contributed by atoms with van der Waals surface area (Å²) < 4.78 is 0. The third-order valence-electron chi connectivity index (χ3n) is 3.17. The van der Waals surface area contributed by atoms with E-state index in [-0.39, 0.29) is 11.5 Å². The van der Waals surface area contributed by atoms with Gasteiger partial charge in [-0.25, -0.2) is 0 Å². The van der Waals surface area contributed by atoms with Crippen molar-refractivity contribution in [3.8, 4) is 0 Å². The molecule has 7 nitrogen and oxygen atoms in total. The first-order valence-corrected chi connectivity index (χ1v) is 7.14. The number of carbonyl (C=O) groups is 4. The number of nitrogens with zero attached hydrogens (tertiary/aromatic N) is 1. The number of carboxylic acid groups (broad SMARTS) is 1. The SMILES string of the molecule is CC(=O)N(C(=O)c1ccccc1)C(C(=O)NCC(=O)O)C(C)C. The van der Waals surface area contributed by atoms with Gasteiger partial charge in [0.05, 0.1) is 0 Å². The smallest absolute Gasteiger partial charge is 0.322 e. The summed E-state index contributed by atoms with van der Waals surface area (Å²) in [4.78, 5) is 48.3. The standard InChI is InChI=1S/C16H20N2O5/c1-10(2)14(15(22)17-9-13(20)21)18(11(3)19)16(23)12-7-5-4-6-8-12/h4-8,10,14H,9H2,1-3H3,(H,17,22)(H,20,21). The Morgan fingerprint density at radius 3 is 2.13 bits per heavy atom. The Balaban J connectivity index is 3.12. The molecule has 0 heterocycles. The Hall–Kier alpha value is -2.70. The number of hydrogen-bond donors (Lipinski definition) is 2. The molecule has 0 aliphatic heterocycles. The van der Waals surface area contributed by atoms with Gasteiger partial charge in [-0.2, -0.15) is 0 Å². The van der Waals surface area contributed by atoms with Gasteiger partial charge in [0.15, 0.2) is 0 Å². The van der Waals surface area contributed by atoms with Gasteiger partial charge in [0.2, 0.25) is 11.8 Å². The van der Waals surface area contributed by atoms with Crippen molar-refractivity contribution in [1.29, 1.82) is 0 Å². The molecular weight excluding hydrogens is 300 g/mol. The van der Waals surface area contributed by atoms with Crippen LogP contribution in [0.5, 0.6) is 0 Å². The van der Waals surface area contributed by atoms with Crippen molar-refractivity contribution < 1.29 is 24.3 Å². The van der Waals surface area contributed by atoms with Gasteiger partial charge in [0.25, 0.3) is 5.91 Å². The highest BCUT2D eigenvalue weighted by molar-refractivity contribution is 6.07. The molecule has 1 atom stereocenters. The molecule has 1 unspecified atom stereocenters. The van der Waals surface area contributed by atoms with E-state index in [1.165, 1.54) is 6.92 Å². The van der Waals surface area contributed by atoms with Crippen LogP contribution in [0.1, 0.15) is 31.1 Å². The summed E-state index contributed by atoms with van der Waals surface area (Å²) in [7, 11) is 0. The number of hydrogen-bond acceptors (Lipinski definition) is 4. The molecule has 1 aromatic carbocycles. The summed E-state index contributed by atoms with van der Waals surface area (Å²) in [5, 5.41) is 10.9. The van der Waals surface area contributed by atoms with E-state index in [0.717, 1.165) is 4.90 Å². The molecule has 0 fully saturated rings. The van der Waals surface area contributed by atoms with Gasteiger partial charge >= 0.3 is 5.97 Å². The Morgan fingerprint density at radius 2 is 1.70 bits per heavy atom. The maximum atomic E-state index is 12.6. The fourth-order valence-electron chi connectivity index (χ4n) is 2.17. The zero-order chi connectivity index (χ0) is 17.6. The molecule has 1 aromatic rings. The minimum Gasteiger partial charge on any atom is -0.480 e. The van der Waals surface area contributed by atoms with Crippen LogP contribution in [0, 0.1) is 5.92 Å². The maximum Gasteiger partial charge on any atom is 0.322 e. The number of carbonyl (C=O) groups excluding carboxylic acids is 3. The van der Waals surface area contributed by atoms with Crippen LogP contribution in [0.15, 0.2) is 30.3 Å². The Bertz CT molecular complexity index is 598. The summed E-state index contributed by atoms with van der Waals surface area (Å²) in [6, 6.07) is 7.05. The lowest BCUT2D eigenvalue weighted by Gasteiger charge is -2.31. The summed E-state index contributed by atoms with van der Waals surface area (Å²) in [5.41, 5.74) is 0.277. The third kappa shape index (κ3) is 4.91. The van der Waals surface area contributed by atoms with Gasteiger partial charge in [-0.15, -0.1) is 0 Å². The fourth-order valence-corrected chi connectivity index (χ4v) is 2.17. The normalized spacial score (nSPS) is 11.7. The quantitative estimate of drug-likeness (QED) is 0.810. The number of benzene rings is 1. The average Bonchev–Trinajstić information content (AvgIpc) is 2.49. The molecule has 1 rings (SSSR count). The predicted octanol–water partition coefficient (Wildman–Crippen LogP) is 0.901. The number of amides is 3. The van der Waals surface area contributed by atoms with Crippen LogP contribution < -0.4 is 5.32 Å². The average molecular weight is 320 g/mol. The Morgan fingerprint density at radius 1 is 1.13 bits per heavy atom. The van der Waals surface area contributed by atoms with Crippen molar-refractivity contribution in [2.24, 2.45) is 5.92 Å². The molecule has 0 spiro atoms. The lowest BCUT2D eigenvalue weighted by atomic mass is 10.00. The van der Waals surface area contributed by atoms with Crippen LogP contribution in [0.2, 0.25) is 0 Å². The van der Waals surface area contributed by atoms with E-state index in [1.54, 1.807) is 44.2 Å². The van der Waals surface area contributed by atoms with Gasteiger partial charge in [0.1, 0.15) is 12.6 Å². The largest absolute Gasteiger partial charge is 0.480 e. The number of imide groups is 1. The van der Waals surface area contributed by atoms with Gasteiger partial charge in [0, 0.05) is 12.5 Å². The molecule has 2 N–H and O–H groups in total. The zero-order valence-corrected chi connectivity index (χ0v) is 13.3. The third-order valence-corrected chi connectivity index (χ3v) is 3.17. The van der Waals surface area contributed by atoms with Crippen LogP contribution in [0.25, 0.3) is 0 Å².